The molecule has 4 rings (SSSR count). The second-order valence-corrected chi connectivity index (χ2v) is 5.47. The van der Waals surface area contributed by atoms with Crippen molar-refractivity contribution in [3.8, 4) is 0 Å². The standard InChI is InChI=1S/C18H17N/c1-2-7-13(8-3-1)18-16-11-6-10-14(16)15-9-4-5-12-17(15)19-18/h1-10,12,14,16,18-19H,11H2/t14-,16+,18+/m1/s1. The highest BCUT2D eigenvalue weighted by molar-refractivity contribution is 5.59. The van der Waals surface area contributed by atoms with Crippen molar-refractivity contribution in [2.45, 2.75) is 18.4 Å². The largest absolute Gasteiger partial charge is 0.378 e. The topological polar surface area (TPSA) is 12.0 Å². The minimum atomic E-state index is 0.427. The third-order valence-electron chi connectivity index (χ3n) is 4.43. The number of allylic oxidation sites excluding steroid dienone is 2. The molecule has 0 amide bonds. The number of para-hydroxylation sites is 1. The summed E-state index contributed by atoms with van der Waals surface area (Å²) in [5.74, 6) is 1.22. The maximum atomic E-state index is 3.74. The van der Waals surface area contributed by atoms with Crippen LogP contribution in [0.5, 0.6) is 0 Å². The van der Waals surface area contributed by atoms with E-state index in [1.165, 1.54) is 23.2 Å². The number of nitrogens with one attached hydrogen (secondary N) is 1. The Balaban J connectivity index is 1.80. The van der Waals surface area contributed by atoms with Crippen molar-refractivity contribution in [1.29, 1.82) is 0 Å². The average molecular weight is 247 g/mol. The van der Waals surface area contributed by atoms with Crippen molar-refractivity contribution in [3.63, 3.8) is 0 Å². The van der Waals surface area contributed by atoms with Gasteiger partial charge in [0.25, 0.3) is 0 Å². The molecule has 3 atom stereocenters. The molecular formula is C18H17N. The second-order valence-electron chi connectivity index (χ2n) is 5.47. The zero-order chi connectivity index (χ0) is 12.7. The molecule has 0 saturated carbocycles. The van der Waals surface area contributed by atoms with Gasteiger partial charge in [0.1, 0.15) is 0 Å². The molecule has 0 bridgehead atoms. The molecule has 1 aliphatic carbocycles. The molecule has 1 nitrogen and oxygen atoms in total. The van der Waals surface area contributed by atoms with Gasteiger partial charge in [-0.15, -0.1) is 0 Å². The summed E-state index contributed by atoms with van der Waals surface area (Å²) in [6.45, 7) is 0. The number of anilines is 1. The fourth-order valence-corrected chi connectivity index (χ4v) is 3.53. The Labute approximate surface area is 114 Å². The van der Waals surface area contributed by atoms with E-state index in [4.69, 9.17) is 0 Å². The van der Waals surface area contributed by atoms with Gasteiger partial charge in [0.15, 0.2) is 0 Å². The van der Waals surface area contributed by atoms with E-state index in [0.29, 0.717) is 17.9 Å². The Hall–Kier alpha value is -2.02. The molecule has 2 aromatic carbocycles. The van der Waals surface area contributed by atoms with Gasteiger partial charge in [-0.3, -0.25) is 0 Å². The van der Waals surface area contributed by atoms with Gasteiger partial charge in [0.2, 0.25) is 0 Å². The number of hydrogen-bond donors (Lipinski definition) is 1. The molecule has 0 spiro atoms. The first kappa shape index (κ1) is 10.9. The predicted octanol–water partition coefficient (Wildman–Crippen LogP) is 4.51. The fraction of sp³-hybridized carbons (Fsp3) is 0.222. The molecule has 0 unspecified atom stereocenters. The summed E-state index contributed by atoms with van der Waals surface area (Å²) in [6, 6.07) is 20.0. The Kier molecular flexibility index (Phi) is 2.44. The lowest BCUT2D eigenvalue weighted by Gasteiger charge is -2.37. The van der Waals surface area contributed by atoms with Crippen LogP contribution < -0.4 is 5.32 Å². The number of benzene rings is 2. The van der Waals surface area contributed by atoms with Gasteiger partial charge in [-0.25, -0.2) is 0 Å². The van der Waals surface area contributed by atoms with Crippen LogP contribution in [0.4, 0.5) is 5.69 Å². The molecule has 0 radical (unpaired) electrons. The molecule has 2 aromatic rings. The average Bonchev–Trinajstić information content (AvgIpc) is 2.97. The number of hydrogen-bond acceptors (Lipinski definition) is 1. The van der Waals surface area contributed by atoms with Gasteiger partial charge < -0.3 is 5.32 Å². The van der Waals surface area contributed by atoms with Crippen LogP contribution in [0, 0.1) is 5.92 Å². The SMILES string of the molecule is C1=C[C@@H]2c3ccccc3N[C@@H](c3ccccc3)[C@H]2C1. The van der Waals surface area contributed by atoms with Crippen LogP contribution in [0.2, 0.25) is 0 Å². The first-order chi connectivity index (χ1) is 9.43. The molecule has 94 valence electrons. The number of fused-ring (bicyclic) bond motifs is 3. The summed E-state index contributed by atoms with van der Waals surface area (Å²) in [5, 5.41) is 3.74. The quantitative estimate of drug-likeness (QED) is 0.731. The van der Waals surface area contributed by atoms with E-state index in [9.17, 15) is 0 Å². The van der Waals surface area contributed by atoms with E-state index in [-0.39, 0.29) is 0 Å². The van der Waals surface area contributed by atoms with Gasteiger partial charge in [0.05, 0.1) is 6.04 Å². The smallest absolute Gasteiger partial charge is 0.0553 e. The maximum Gasteiger partial charge on any atom is 0.0553 e. The van der Waals surface area contributed by atoms with Gasteiger partial charge >= 0.3 is 0 Å². The Bertz CT molecular complexity index is 615. The molecular weight excluding hydrogens is 230 g/mol. The molecule has 1 heterocycles. The summed E-state index contributed by atoms with van der Waals surface area (Å²) in [7, 11) is 0. The summed E-state index contributed by atoms with van der Waals surface area (Å²) in [6.07, 6.45) is 5.90. The van der Waals surface area contributed by atoms with Crippen LogP contribution in [-0.4, -0.2) is 0 Å². The Morgan fingerprint density at radius 2 is 1.68 bits per heavy atom. The predicted molar refractivity (Wildman–Crippen MR) is 79.2 cm³/mol. The van der Waals surface area contributed by atoms with Crippen LogP contribution in [-0.2, 0) is 0 Å². The second kappa shape index (κ2) is 4.27. The van der Waals surface area contributed by atoms with E-state index < -0.39 is 0 Å². The highest BCUT2D eigenvalue weighted by Gasteiger charge is 2.37. The van der Waals surface area contributed by atoms with Crippen LogP contribution in [0.25, 0.3) is 0 Å². The lowest BCUT2D eigenvalue weighted by Crippen LogP contribution is -2.28. The minimum Gasteiger partial charge on any atom is -0.378 e. The van der Waals surface area contributed by atoms with Crippen LogP contribution in [0.3, 0.4) is 0 Å². The highest BCUT2D eigenvalue weighted by Crippen LogP contribution is 2.49. The molecule has 1 N–H and O–H groups in total. The summed E-state index contributed by atoms with van der Waals surface area (Å²) >= 11 is 0. The molecule has 1 aliphatic heterocycles. The summed E-state index contributed by atoms with van der Waals surface area (Å²) in [5.41, 5.74) is 4.15. The maximum absolute atomic E-state index is 3.74. The normalized spacial score (nSPS) is 27.5. The summed E-state index contributed by atoms with van der Waals surface area (Å²) in [4.78, 5) is 0. The van der Waals surface area contributed by atoms with E-state index in [1.807, 2.05) is 0 Å². The first-order valence-corrected chi connectivity index (χ1v) is 7.00. The fourth-order valence-electron chi connectivity index (χ4n) is 3.53. The van der Waals surface area contributed by atoms with E-state index in [0.717, 1.165) is 0 Å². The third kappa shape index (κ3) is 1.69. The zero-order valence-electron chi connectivity index (χ0n) is 10.8. The van der Waals surface area contributed by atoms with Crippen molar-refractivity contribution >= 4 is 5.69 Å². The molecule has 19 heavy (non-hydrogen) atoms. The molecule has 0 aromatic heterocycles. The molecule has 1 heteroatoms. The third-order valence-corrected chi connectivity index (χ3v) is 4.43. The highest BCUT2D eigenvalue weighted by atomic mass is 15.0. The van der Waals surface area contributed by atoms with Crippen molar-refractivity contribution in [2.24, 2.45) is 5.92 Å². The minimum absolute atomic E-state index is 0.427. The van der Waals surface area contributed by atoms with Gasteiger partial charge in [0, 0.05) is 11.6 Å². The monoisotopic (exact) mass is 247 g/mol. The van der Waals surface area contributed by atoms with Crippen LogP contribution >= 0.6 is 0 Å². The van der Waals surface area contributed by atoms with E-state index >= 15 is 0 Å². The summed E-state index contributed by atoms with van der Waals surface area (Å²) < 4.78 is 0. The number of rotatable bonds is 1. The first-order valence-electron chi connectivity index (χ1n) is 7.00. The lowest BCUT2D eigenvalue weighted by molar-refractivity contribution is 0.425. The van der Waals surface area contributed by atoms with E-state index in [1.54, 1.807) is 0 Å². The van der Waals surface area contributed by atoms with Gasteiger partial charge in [-0.2, -0.15) is 0 Å². The van der Waals surface area contributed by atoms with Crippen molar-refractivity contribution in [3.05, 3.63) is 77.9 Å². The molecule has 0 saturated heterocycles. The molecule has 2 aliphatic rings. The Morgan fingerprint density at radius 3 is 2.58 bits per heavy atom. The van der Waals surface area contributed by atoms with Crippen LogP contribution in [0.15, 0.2) is 66.7 Å². The lowest BCUT2D eigenvalue weighted by atomic mass is 9.77. The zero-order valence-corrected chi connectivity index (χ0v) is 10.8. The Morgan fingerprint density at radius 1 is 0.895 bits per heavy atom. The van der Waals surface area contributed by atoms with Gasteiger partial charge in [-0.1, -0.05) is 60.7 Å². The van der Waals surface area contributed by atoms with Gasteiger partial charge in [-0.05, 0) is 29.5 Å². The van der Waals surface area contributed by atoms with Crippen molar-refractivity contribution in [1.82, 2.24) is 0 Å². The van der Waals surface area contributed by atoms with Crippen LogP contribution in [0.1, 0.15) is 29.5 Å². The van der Waals surface area contributed by atoms with Crippen molar-refractivity contribution in [2.75, 3.05) is 5.32 Å². The van der Waals surface area contributed by atoms with E-state index in [2.05, 4.69) is 72.1 Å². The molecule has 0 fully saturated rings. The van der Waals surface area contributed by atoms with Crippen molar-refractivity contribution < 1.29 is 0 Å².